The van der Waals surface area contributed by atoms with E-state index in [0.717, 1.165) is 25.1 Å². The van der Waals surface area contributed by atoms with Gasteiger partial charge in [0.1, 0.15) is 5.82 Å². The Balaban J connectivity index is 1.63. The molecule has 1 saturated carbocycles. The van der Waals surface area contributed by atoms with Gasteiger partial charge in [-0.3, -0.25) is 4.90 Å². The third kappa shape index (κ3) is 3.46. The highest BCUT2D eigenvalue weighted by atomic mass is 19.1. The van der Waals surface area contributed by atoms with Gasteiger partial charge in [-0.1, -0.05) is 31.9 Å². The fraction of sp³-hybridized carbons (Fsp3) is 0.667. The van der Waals surface area contributed by atoms with E-state index >= 15 is 0 Å². The van der Waals surface area contributed by atoms with Crippen LogP contribution in [0.15, 0.2) is 24.3 Å². The van der Waals surface area contributed by atoms with Crippen LogP contribution in [0.1, 0.15) is 44.6 Å². The number of halogens is 1. The zero-order chi connectivity index (χ0) is 14.7. The van der Waals surface area contributed by atoms with Crippen LogP contribution in [0.4, 0.5) is 4.39 Å². The van der Waals surface area contributed by atoms with Crippen molar-refractivity contribution in [1.82, 2.24) is 10.2 Å². The zero-order valence-corrected chi connectivity index (χ0v) is 13.1. The van der Waals surface area contributed by atoms with Gasteiger partial charge >= 0.3 is 0 Å². The summed E-state index contributed by atoms with van der Waals surface area (Å²) in [5.41, 5.74) is 1.48. The molecule has 1 aromatic carbocycles. The molecule has 1 spiro atoms. The molecule has 1 unspecified atom stereocenters. The monoisotopic (exact) mass is 290 g/mol. The Bertz CT molecular complexity index is 468. The number of hydrogen-bond acceptors (Lipinski definition) is 2. The summed E-state index contributed by atoms with van der Waals surface area (Å²) >= 11 is 0. The summed E-state index contributed by atoms with van der Waals surface area (Å²) in [5, 5.41) is 3.83. The predicted octanol–water partition coefficient (Wildman–Crippen LogP) is 3.36. The van der Waals surface area contributed by atoms with Crippen molar-refractivity contribution < 1.29 is 4.39 Å². The van der Waals surface area contributed by atoms with Crippen molar-refractivity contribution in [3.05, 3.63) is 35.6 Å². The fourth-order valence-corrected chi connectivity index (χ4v) is 4.05. The van der Waals surface area contributed by atoms with Crippen LogP contribution >= 0.6 is 0 Å². The van der Waals surface area contributed by atoms with Gasteiger partial charge in [-0.25, -0.2) is 4.39 Å². The zero-order valence-electron chi connectivity index (χ0n) is 13.1. The predicted molar refractivity (Wildman–Crippen MR) is 85.0 cm³/mol. The van der Waals surface area contributed by atoms with Gasteiger partial charge < -0.3 is 5.32 Å². The van der Waals surface area contributed by atoms with Gasteiger partial charge in [0.05, 0.1) is 0 Å². The maximum Gasteiger partial charge on any atom is 0.123 e. The maximum atomic E-state index is 13.3. The van der Waals surface area contributed by atoms with Crippen molar-refractivity contribution in [2.75, 3.05) is 19.6 Å². The molecule has 2 aliphatic rings. The maximum absolute atomic E-state index is 13.3. The largest absolute Gasteiger partial charge is 0.308 e. The number of piperazine rings is 1. The molecule has 3 rings (SSSR count). The molecule has 1 heterocycles. The Labute approximate surface area is 127 Å². The molecule has 116 valence electrons. The molecular formula is C18H27FN2. The van der Waals surface area contributed by atoms with Gasteiger partial charge in [0, 0.05) is 31.2 Å². The van der Waals surface area contributed by atoms with Crippen LogP contribution < -0.4 is 5.32 Å². The van der Waals surface area contributed by atoms with Crippen LogP contribution in [-0.4, -0.2) is 36.1 Å². The van der Waals surface area contributed by atoms with Crippen LogP contribution in [0.5, 0.6) is 0 Å². The molecule has 0 radical (unpaired) electrons. The van der Waals surface area contributed by atoms with Crippen molar-refractivity contribution >= 4 is 0 Å². The van der Waals surface area contributed by atoms with E-state index in [9.17, 15) is 4.39 Å². The standard InChI is InChI=1S/C18H27FN2/c1-2-17-13-20-18(9-3-4-10-18)14-21(17)11-8-15-6-5-7-16(19)12-15/h5-7,12,17,20H,2-4,8-11,13-14H2,1H3. The van der Waals surface area contributed by atoms with E-state index in [-0.39, 0.29) is 5.82 Å². The van der Waals surface area contributed by atoms with Gasteiger partial charge in [0.25, 0.3) is 0 Å². The van der Waals surface area contributed by atoms with Crippen molar-refractivity contribution in [2.45, 2.75) is 57.0 Å². The van der Waals surface area contributed by atoms with Crippen LogP contribution in [0.25, 0.3) is 0 Å². The minimum absolute atomic E-state index is 0.118. The van der Waals surface area contributed by atoms with Crippen molar-refractivity contribution in [3.63, 3.8) is 0 Å². The number of nitrogens with one attached hydrogen (secondary N) is 1. The van der Waals surface area contributed by atoms with Crippen LogP contribution in [-0.2, 0) is 6.42 Å². The number of rotatable bonds is 4. The molecule has 21 heavy (non-hydrogen) atoms. The van der Waals surface area contributed by atoms with E-state index in [2.05, 4.69) is 17.1 Å². The molecule has 1 aliphatic heterocycles. The molecule has 0 aromatic heterocycles. The van der Waals surface area contributed by atoms with Gasteiger partial charge in [-0.2, -0.15) is 0 Å². The Morgan fingerprint density at radius 1 is 1.33 bits per heavy atom. The summed E-state index contributed by atoms with van der Waals surface area (Å²) in [7, 11) is 0. The van der Waals surface area contributed by atoms with E-state index in [1.165, 1.54) is 44.7 Å². The molecule has 2 nitrogen and oxygen atoms in total. The van der Waals surface area contributed by atoms with Gasteiger partial charge in [0.15, 0.2) is 0 Å². The van der Waals surface area contributed by atoms with Gasteiger partial charge in [-0.05, 0) is 43.4 Å². The first-order chi connectivity index (χ1) is 10.2. The van der Waals surface area contributed by atoms with Gasteiger partial charge in [0.2, 0.25) is 0 Å². The van der Waals surface area contributed by atoms with Gasteiger partial charge in [-0.15, -0.1) is 0 Å². The summed E-state index contributed by atoms with van der Waals surface area (Å²) in [4.78, 5) is 2.65. The van der Waals surface area contributed by atoms with E-state index < -0.39 is 0 Å². The summed E-state index contributed by atoms with van der Waals surface area (Å²) in [6.07, 6.45) is 7.50. The lowest BCUT2D eigenvalue weighted by Crippen LogP contribution is -2.63. The first-order valence-corrected chi connectivity index (χ1v) is 8.44. The fourth-order valence-electron chi connectivity index (χ4n) is 4.05. The molecule has 1 saturated heterocycles. The minimum Gasteiger partial charge on any atom is -0.308 e. The second kappa shape index (κ2) is 6.45. The molecule has 3 heteroatoms. The molecule has 2 fully saturated rings. The highest BCUT2D eigenvalue weighted by molar-refractivity contribution is 5.16. The Hall–Kier alpha value is -0.930. The van der Waals surface area contributed by atoms with Crippen molar-refractivity contribution in [1.29, 1.82) is 0 Å². The smallest absolute Gasteiger partial charge is 0.123 e. The second-order valence-electron chi connectivity index (χ2n) is 6.78. The third-order valence-electron chi connectivity index (χ3n) is 5.34. The quantitative estimate of drug-likeness (QED) is 0.914. The first-order valence-electron chi connectivity index (χ1n) is 8.44. The summed E-state index contributed by atoms with van der Waals surface area (Å²) in [6.45, 7) is 5.60. The number of hydrogen-bond donors (Lipinski definition) is 1. The molecule has 1 N–H and O–H groups in total. The third-order valence-corrected chi connectivity index (χ3v) is 5.34. The molecule has 1 aliphatic carbocycles. The Morgan fingerprint density at radius 2 is 2.14 bits per heavy atom. The summed E-state index contributed by atoms with van der Waals surface area (Å²) in [6, 6.07) is 7.69. The van der Waals surface area contributed by atoms with E-state index in [1.807, 2.05) is 12.1 Å². The summed E-state index contributed by atoms with van der Waals surface area (Å²) in [5.74, 6) is -0.118. The van der Waals surface area contributed by atoms with E-state index in [0.29, 0.717) is 11.6 Å². The average Bonchev–Trinajstić information content (AvgIpc) is 2.93. The SMILES string of the molecule is CCC1CNC2(CCCC2)CN1CCc1cccc(F)c1. The Kier molecular flexibility index (Phi) is 4.60. The molecule has 0 amide bonds. The van der Waals surface area contributed by atoms with Crippen molar-refractivity contribution in [2.24, 2.45) is 0 Å². The normalized spacial score (nSPS) is 25.5. The van der Waals surface area contributed by atoms with Crippen molar-refractivity contribution in [3.8, 4) is 0 Å². The molecule has 1 atom stereocenters. The lowest BCUT2D eigenvalue weighted by molar-refractivity contribution is 0.0794. The molecule has 0 bridgehead atoms. The van der Waals surface area contributed by atoms with Crippen LogP contribution in [0.2, 0.25) is 0 Å². The van der Waals surface area contributed by atoms with E-state index in [1.54, 1.807) is 6.07 Å². The average molecular weight is 290 g/mol. The number of nitrogens with zero attached hydrogens (tertiary/aromatic N) is 1. The topological polar surface area (TPSA) is 15.3 Å². The summed E-state index contributed by atoms with van der Waals surface area (Å²) < 4.78 is 13.3. The second-order valence-corrected chi connectivity index (χ2v) is 6.78. The van der Waals surface area contributed by atoms with Crippen LogP contribution in [0.3, 0.4) is 0 Å². The van der Waals surface area contributed by atoms with E-state index in [4.69, 9.17) is 0 Å². The highest BCUT2D eigenvalue weighted by Crippen LogP contribution is 2.33. The molecular weight excluding hydrogens is 263 g/mol. The van der Waals surface area contributed by atoms with Crippen LogP contribution in [0, 0.1) is 5.82 Å². The first kappa shape index (κ1) is 15.0. The lowest BCUT2D eigenvalue weighted by atomic mass is 9.91. The number of benzene rings is 1. The minimum atomic E-state index is -0.118. The Morgan fingerprint density at radius 3 is 2.86 bits per heavy atom. The lowest BCUT2D eigenvalue weighted by Gasteiger charge is -2.46. The highest BCUT2D eigenvalue weighted by Gasteiger charge is 2.40. The molecule has 1 aromatic rings.